The second-order valence-corrected chi connectivity index (χ2v) is 10.1. The van der Waals surface area contributed by atoms with E-state index in [4.69, 9.17) is 23.7 Å². The van der Waals surface area contributed by atoms with Crippen LogP contribution in [0.2, 0.25) is 0 Å². The highest BCUT2D eigenvalue weighted by Crippen LogP contribution is 2.31. The molecule has 13 nitrogen and oxygen atoms in total. The van der Waals surface area contributed by atoms with Gasteiger partial charge in [-0.25, -0.2) is 19.0 Å². The molecule has 2 heterocycles. The summed E-state index contributed by atoms with van der Waals surface area (Å²) in [7, 11) is 0. The Morgan fingerprint density at radius 1 is 0.702 bits per heavy atom. The van der Waals surface area contributed by atoms with Gasteiger partial charge >= 0.3 is 11.9 Å². The summed E-state index contributed by atoms with van der Waals surface area (Å²) < 4.78 is 31.3. The molecule has 47 heavy (non-hydrogen) atoms. The Bertz CT molecular complexity index is 1500. The molecule has 2 unspecified atom stereocenters. The van der Waals surface area contributed by atoms with Crippen LogP contribution in [-0.4, -0.2) is 81.6 Å². The molecule has 0 aliphatic carbocycles. The van der Waals surface area contributed by atoms with Crippen LogP contribution in [0.3, 0.4) is 0 Å². The van der Waals surface area contributed by atoms with Gasteiger partial charge in [0.15, 0.2) is 11.4 Å². The highest BCUT2D eigenvalue weighted by atomic mass is 16.5. The minimum Gasteiger partial charge on any atom is -0.491 e. The molecule has 4 rings (SSSR count). The maximum absolute atomic E-state index is 12.1. The molecule has 0 radical (unpaired) electrons. The SMILES string of the molecule is C=CCC(c1ccccc1OCCOCCOc1ccccc1C(CC=C)n1cc(C(=O)OCC)nn1)n1cc(C(=O)OCC)nn1. The molecule has 0 aliphatic rings. The second-order valence-electron chi connectivity index (χ2n) is 10.1. The highest BCUT2D eigenvalue weighted by molar-refractivity contribution is 5.87. The standard InChI is InChI=1S/C34H40N6O7/c1-5-13-29(39-23-27(35-37-39)33(41)44-7-3)25-15-9-11-17-31(25)46-21-19-43-20-22-47-32-18-12-10-16-26(32)30(14-6-2)40-24-28(36-38-40)34(42)45-8-4/h5-6,9-12,15-18,23-24,29-30H,1-2,7-8,13-14,19-22H2,3-4H3. The molecule has 13 heteroatoms. The smallest absolute Gasteiger partial charge is 0.360 e. The third-order valence-corrected chi connectivity index (χ3v) is 6.93. The third-order valence-electron chi connectivity index (χ3n) is 6.93. The molecule has 0 bridgehead atoms. The van der Waals surface area contributed by atoms with E-state index in [0.29, 0.717) is 50.8 Å². The predicted octanol–water partition coefficient (Wildman–Crippen LogP) is 5.03. The normalized spacial score (nSPS) is 12.1. The van der Waals surface area contributed by atoms with E-state index in [2.05, 4.69) is 33.8 Å². The molecule has 0 fully saturated rings. The van der Waals surface area contributed by atoms with Crippen molar-refractivity contribution in [3.8, 4) is 11.5 Å². The minimum atomic E-state index is -0.526. The number of aromatic nitrogens is 6. The summed E-state index contributed by atoms with van der Waals surface area (Å²) in [6, 6.07) is 14.7. The Labute approximate surface area is 273 Å². The fraction of sp³-hybridized carbons (Fsp3) is 0.353. The number of esters is 2. The highest BCUT2D eigenvalue weighted by Gasteiger charge is 2.22. The van der Waals surface area contributed by atoms with Crippen LogP contribution >= 0.6 is 0 Å². The van der Waals surface area contributed by atoms with Crippen molar-refractivity contribution in [1.82, 2.24) is 30.0 Å². The maximum Gasteiger partial charge on any atom is 0.360 e. The van der Waals surface area contributed by atoms with Crippen LogP contribution in [-0.2, 0) is 14.2 Å². The lowest BCUT2D eigenvalue weighted by atomic mass is 10.0. The molecule has 0 saturated heterocycles. The van der Waals surface area contributed by atoms with Crippen molar-refractivity contribution in [3.63, 3.8) is 0 Å². The topological polar surface area (TPSA) is 142 Å². The average Bonchev–Trinajstić information content (AvgIpc) is 3.78. The first-order valence-electron chi connectivity index (χ1n) is 15.4. The Hall–Kier alpha value is -5.30. The zero-order valence-corrected chi connectivity index (χ0v) is 26.7. The maximum atomic E-state index is 12.1. The van der Waals surface area contributed by atoms with Crippen LogP contribution < -0.4 is 9.47 Å². The summed E-state index contributed by atoms with van der Waals surface area (Å²) >= 11 is 0. The molecular weight excluding hydrogens is 604 g/mol. The molecule has 0 spiro atoms. The van der Waals surface area contributed by atoms with Crippen LogP contribution in [0, 0.1) is 0 Å². The van der Waals surface area contributed by atoms with Gasteiger partial charge in [0.25, 0.3) is 0 Å². The molecule has 0 saturated carbocycles. The molecule has 2 atom stereocenters. The Morgan fingerprint density at radius 3 is 1.53 bits per heavy atom. The summed E-state index contributed by atoms with van der Waals surface area (Å²) in [5.74, 6) is 0.269. The number of hydrogen-bond acceptors (Lipinski definition) is 11. The largest absolute Gasteiger partial charge is 0.491 e. The lowest BCUT2D eigenvalue weighted by molar-refractivity contribution is 0.0510. The van der Waals surface area contributed by atoms with E-state index in [1.165, 1.54) is 0 Å². The fourth-order valence-corrected chi connectivity index (χ4v) is 4.82. The van der Waals surface area contributed by atoms with Crippen LogP contribution in [0.15, 0.2) is 86.2 Å². The van der Waals surface area contributed by atoms with Gasteiger partial charge in [0, 0.05) is 11.1 Å². The van der Waals surface area contributed by atoms with Crippen LogP contribution in [0.4, 0.5) is 0 Å². The van der Waals surface area contributed by atoms with E-state index in [0.717, 1.165) is 11.1 Å². The monoisotopic (exact) mass is 644 g/mol. The average molecular weight is 645 g/mol. The first kappa shape index (κ1) is 34.6. The number of carbonyl (C=O) groups is 2. The third kappa shape index (κ3) is 9.36. The Kier molecular flexibility index (Phi) is 13.2. The zero-order valence-electron chi connectivity index (χ0n) is 26.7. The van der Waals surface area contributed by atoms with Crippen LogP contribution in [0.25, 0.3) is 0 Å². The first-order chi connectivity index (χ1) is 23.0. The molecule has 248 valence electrons. The Morgan fingerprint density at radius 2 is 1.13 bits per heavy atom. The molecule has 2 aromatic carbocycles. The van der Waals surface area contributed by atoms with Crippen molar-refractivity contribution < 1.29 is 33.3 Å². The van der Waals surface area contributed by atoms with Gasteiger partial charge in [0.05, 0.1) is 50.9 Å². The number of nitrogens with zero attached hydrogens (tertiary/aromatic N) is 6. The molecule has 0 amide bonds. The van der Waals surface area contributed by atoms with Gasteiger partial charge in [-0.05, 0) is 38.8 Å². The molecule has 0 aliphatic heterocycles. The molecule has 0 N–H and O–H groups in total. The number of hydrogen-bond donors (Lipinski definition) is 0. The van der Waals surface area contributed by atoms with Crippen molar-refractivity contribution in [3.05, 3.63) is 109 Å². The number of para-hydroxylation sites is 2. The van der Waals surface area contributed by atoms with Crippen LogP contribution in [0.1, 0.15) is 70.9 Å². The van der Waals surface area contributed by atoms with Gasteiger partial charge in [0.2, 0.25) is 0 Å². The molecular formula is C34H40N6O7. The molecule has 2 aromatic heterocycles. The van der Waals surface area contributed by atoms with Crippen molar-refractivity contribution >= 4 is 11.9 Å². The Balaban J connectivity index is 1.31. The molecule has 4 aromatic rings. The van der Waals surface area contributed by atoms with Gasteiger partial charge in [-0.15, -0.1) is 23.4 Å². The predicted molar refractivity (Wildman–Crippen MR) is 173 cm³/mol. The summed E-state index contributed by atoms with van der Waals surface area (Å²) in [4.78, 5) is 24.2. The summed E-state index contributed by atoms with van der Waals surface area (Å²) in [5.41, 5.74) is 2.00. The van der Waals surface area contributed by atoms with E-state index in [1.807, 2.05) is 48.5 Å². The van der Waals surface area contributed by atoms with Gasteiger partial charge in [-0.1, -0.05) is 59.0 Å². The second kappa shape index (κ2) is 18.0. The summed E-state index contributed by atoms with van der Waals surface area (Å²) in [6.45, 7) is 13.0. The number of allylic oxidation sites excluding steroid dienone is 2. The van der Waals surface area contributed by atoms with E-state index >= 15 is 0 Å². The van der Waals surface area contributed by atoms with Crippen molar-refractivity contribution in [2.24, 2.45) is 0 Å². The lowest BCUT2D eigenvalue weighted by Gasteiger charge is -2.20. The van der Waals surface area contributed by atoms with E-state index < -0.39 is 11.9 Å². The number of carbonyl (C=O) groups excluding carboxylic acids is 2. The van der Waals surface area contributed by atoms with Crippen molar-refractivity contribution in [2.45, 2.75) is 38.8 Å². The summed E-state index contributed by atoms with van der Waals surface area (Å²) in [5, 5.41) is 16.3. The quantitative estimate of drug-likeness (QED) is 0.0727. The van der Waals surface area contributed by atoms with Crippen molar-refractivity contribution in [1.29, 1.82) is 0 Å². The van der Waals surface area contributed by atoms with Crippen molar-refractivity contribution in [2.75, 3.05) is 39.6 Å². The fourth-order valence-electron chi connectivity index (χ4n) is 4.82. The number of ether oxygens (including phenoxy) is 5. The van der Waals surface area contributed by atoms with Gasteiger partial charge in [-0.2, -0.15) is 0 Å². The summed E-state index contributed by atoms with van der Waals surface area (Å²) in [6.07, 6.45) is 7.77. The first-order valence-corrected chi connectivity index (χ1v) is 15.4. The van der Waals surface area contributed by atoms with Gasteiger partial charge in [-0.3, -0.25) is 0 Å². The number of rotatable bonds is 20. The van der Waals surface area contributed by atoms with E-state index in [9.17, 15) is 9.59 Å². The minimum absolute atomic E-state index is 0.135. The van der Waals surface area contributed by atoms with E-state index in [-0.39, 0.29) is 36.7 Å². The van der Waals surface area contributed by atoms with Crippen LogP contribution in [0.5, 0.6) is 11.5 Å². The van der Waals surface area contributed by atoms with Gasteiger partial charge < -0.3 is 23.7 Å². The van der Waals surface area contributed by atoms with E-state index in [1.54, 1.807) is 47.8 Å². The number of benzene rings is 2. The lowest BCUT2D eigenvalue weighted by Crippen LogP contribution is -2.16. The van der Waals surface area contributed by atoms with Gasteiger partial charge in [0.1, 0.15) is 24.7 Å². The zero-order chi connectivity index (χ0) is 33.4.